The van der Waals surface area contributed by atoms with Crippen LogP contribution in [0.1, 0.15) is 77.7 Å². The average molecular weight is 916 g/mol. The van der Waals surface area contributed by atoms with Crippen molar-refractivity contribution in [2.45, 2.75) is 105 Å². The van der Waals surface area contributed by atoms with Gasteiger partial charge in [-0.15, -0.1) is 0 Å². The van der Waals surface area contributed by atoms with E-state index in [1.807, 2.05) is 6.92 Å². The molecular weight excluding hydrogens is 858 g/mol. The van der Waals surface area contributed by atoms with Gasteiger partial charge in [0.25, 0.3) is 11.7 Å². The van der Waals surface area contributed by atoms with Gasteiger partial charge in [-0.1, -0.05) is 52.8 Å². The molecule has 1 amide bonds. The largest absolute Gasteiger partial charge is 0.507 e. The molecule has 4 bridgehead atoms. The predicted molar refractivity (Wildman–Crippen MR) is 243 cm³/mol. The first-order valence-corrected chi connectivity index (χ1v) is 22.1. The number of ether oxygens (including phenoxy) is 4. The number of hydrogen-bond donors (Lipinski definition) is 5. The fourth-order valence-electron chi connectivity index (χ4n) is 9.31. The first-order valence-electron chi connectivity index (χ1n) is 22.1. The number of benzene rings is 3. The number of phenolic OH excluding ortho intramolecular Hbond substituents is 2. The second kappa shape index (κ2) is 18.3. The van der Waals surface area contributed by atoms with Gasteiger partial charge in [0.05, 0.1) is 35.5 Å². The number of hydrogen-bond acceptors (Lipinski definition) is 15. The van der Waals surface area contributed by atoms with Crippen LogP contribution >= 0.6 is 0 Å². The number of esters is 1. The third-order valence-electron chi connectivity index (χ3n) is 13.6. The number of carbonyl (C=O) groups is 3. The molecule has 1 aliphatic carbocycles. The highest BCUT2D eigenvalue weighted by Crippen LogP contribution is 2.51. The van der Waals surface area contributed by atoms with Crippen molar-refractivity contribution in [3.63, 3.8) is 0 Å². The normalized spacial score (nSPS) is 31.9. The molecule has 2 unspecified atom stereocenters. The van der Waals surface area contributed by atoms with Crippen LogP contribution in [0.25, 0.3) is 33.3 Å². The Labute approximate surface area is 381 Å². The summed E-state index contributed by atoms with van der Waals surface area (Å²) in [5, 5.41) is 48.3. The lowest BCUT2D eigenvalue weighted by Crippen LogP contribution is -2.46. The van der Waals surface area contributed by atoms with Gasteiger partial charge in [0.2, 0.25) is 5.43 Å². The molecule has 16 nitrogen and oxygen atoms in total. The van der Waals surface area contributed by atoms with Gasteiger partial charge in [-0.3, -0.25) is 19.2 Å². The van der Waals surface area contributed by atoms with Crippen LogP contribution in [0.4, 0.5) is 15.8 Å². The van der Waals surface area contributed by atoms with Gasteiger partial charge in [0.1, 0.15) is 46.4 Å². The number of halogens is 1. The van der Waals surface area contributed by atoms with Crippen molar-refractivity contribution in [3.05, 3.63) is 69.6 Å². The SMILES string of the molecule is CO[C@H]1/C=C/O[C@@]2(C)Oc3c(C)c(O)c4c(=O)c(c5oc6cc(N7CCC(C)C(F)C7)cc(O)c6nc-5c4c3C2=O)NC(=O)/C(C)=C\C=C\[C@H](C)[C@H](O)[C@@H](C)[C@@H](O)[C@@H](C)[C@H](OC(C)=O)[C@@H]1C. The van der Waals surface area contributed by atoms with Crippen molar-refractivity contribution >= 4 is 50.9 Å². The molecule has 0 saturated carbocycles. The lowest BCUT2D eigenvalue weighted by molar-refractivity contribution is -0.160. The molecule has 0 spiro atoms. The lowest BCUT2D eigenvalue weighted by atomic mass is 9.78. The van der Waals surface area contributed by atoms with Crippen LogP contribution < -0.4 is 20.4 Å². The topological polar surface area (TPSA) is 227 Å². The number of aromatic nitrogens is 1. The Hall–Kier alpha value is -6.04. The molecule has 7 rings (SSSR count). The maximum absolute atomic E-state index is 14.9. The van der Waals surface area contributed by atoms with Gasteiger partial charge in [0.15, 0.2) is 11.3 Å². The monoisotopic (exact) mass is 915 g/mol. The average Bonchev–Trinajstić information content (AvgIpc) is 3.54. The number of Topliss-reactive ketones (excluding diaryl/α,β-unsaturated/α-hetero) is 1. The van der Waals surface area contributed by atoms with Gasteiger partial charge in [-0.25, -0.2) is 9.37 Å². The predicted octanol–water partition coefficient (Wildman–Crippen LogP) is 6.84. The summed E-state index contributed by atoms with van der Waals surface area (Å²) in [6.07, 6.45) is 2.73. The van der Waals surface area contributed by atoms with E-state index in [-0.39, 0.29) is 68.6 Å². The van der Waals surface area contributed by atoms with Crippen molar-refractivity contribution in [2.75, 3.05) is 30.4 Å². The molecule has 5 N–H and O–H groups in total. The highest BCUT2D eigenvalue weighted by atomic mass is 19.1. The summed E-state index contributed by atoms with van der Waals surface area (Å²) in [6, 6.07) is 2.96. The molecule has 0 radical (unpaired) electrons. The number of methoxy groups -OCH3 is 1. The van der Waals surface area contributed by atoms with Crippen LogP contribution in [0.5, 0.6) is 17.2 Å². The quantitative estimate of drug-likeness (QED) is 0.0806. The number of alkyl halides is 1. The Morgan fingerprint density at radius 2 is 1.71 bits per heavy atom. The van der Waals surface area contributed by atoms with E-state index in [9.17, 15) is 44.0 Å². The van der Waals surface area contributed by atoms with Gasteiger partial charge in [0, 0.05) is 92.1 Å². The molecule has 354 valence electrons. The van der Waals surface area contributed by atoms with Crippen molar-refractivity contribution in [1.82, 2.24) is 4.98 Å². The number of ketones is 1. The summed E-state index contributed by atoms with van der Waals surface area (Å²) in [5.41, 5.74) is -1.34. The standard InChI is InChI=1S/C49H58FN3O13/c1-21-14-16-53(20-30(21)50)29-18-31(55)37-33(19-29)65-46-38(51-37)34-35-42(58)27(7)45-36(34)47(60)49(9,66-45)63-17-15-32(62-10)24(4)44(64-28(8)54)26(6)41(57)25(5)40(56)22(2)12-11-13-23(3)48(61)52-39(46)43(35)59/h11-13,15,17-19,21-22,24-26,30,32,40-41,44,55-58H,14,16,20H2,1-10H3,(H,52,61)/b12-11+,17-15+,23-13-/t21?,22-,24+,25+,26+,30?,32-,40-,41+,44+,49-/m0/s1. The summed E-state index contributed by atoms with van der Waals surface area (Å²) in [7, 11) is 1.42. The zero-order valence-electron chi connectivity index (χ0n) is 38.7. The summed E-state index contributed by atoms with van der Waals surface area (Å²) < 4.78 is 45.1. The summed E-state index contributed by atoms with van der Waals surface area (Å²) in [6.45, 7) is 14.8. The molecule has 66 heavy (non-hydrogen) atoms. The molecule has 4 heterocycles. The minimum atomic E-state index is -2.11. The van der Waals surface area contributed by atoms with Crippen LogP contribution in [0.3, 0.4) is 0 Å². The molecule has 17 heteroatoms. The first-order chi connectivity index (χ1) is 31.1. The third-order valence-corrected chi connectivity index (χ3v) is 13.6. The van der Waals surface area contributed by atoms with E-state index in [1.54, 1.807) is 50.8 Å². The Morgan fingerprint density at radius 3 is 2.38 bits per heavy atom. The van der Waals surface area contributed by atoms with Crippen LogP contribution in [0, 0.1) is 36.5 Å². The molecule has 2 aromatic carbocycles. The minimum Gasteiger partial charge on any atom is -0.507 e. The molecule has 1 fully saturated rings. The van der Waals surface area contributed by atoms with E-state index in [0.29, 0.717) is 18.7 Å². The molecule has 1 saturated heterocycles. The number of allylic oxidation sites excluding steroid dienone is 2. The number of anilines is 2. The number of carbonyl (C=O) groups excluding carboxylic acids is 3. The van der Waals surface area contributed by atoms with Gasteiger partial charge in [-0.2, -0.15) is 0 Å². The lowest BCUT2D eigenvalue weighted by Gasteiger charge is -2.38. The van der Waals surface area contributed by atoms with E-state index in [0.717, 1.165) is 0 Å². The number of amides is 1. The minimum absolute atomic E-state index is 0.000505. The van der Waals surface area contributed by atoms with Crippen LogP contribution in [0.15, 0.2) is 57.5 Å². The van der Waals surface area contributed by atoms with Crippen molar-refractivity contribution in [3.8, 4) is 28.7 Å². The van der Waals surface area contributed by atoms with Gasteiger partial charge >= 0.3 is 11.8 Å². The first kappa shape index (κ1) is 47.9. The van der Waals surface area contributed by atoms with E-state index in [4.69, 9.17) is 28.3 Å². The maximum atomic E-state index is 14.9. The van der Waals surface area contributed by atoms with E-state index >= 15 is 0 Å². The fraction of sp³-hybridized carbons (Fsp3) is 0.490. The zero-order chi connectivity index (χ0) is 48.3. The smallest absolute Gasteiger partial charge is 0.312 e. The molecule has 5 aliphatic rings. The zero-order valence-corrected chi connectivity index (χ0v) is 38.7. The molecular formula is C49H58FN3O13. The number of fused-ring (bicyclic) bond motifs is 2. The molecule has 4 aliphatic heterocycles. The Kier molecular flexibility index (Phi) is 13.3. The van der Waals surface area contributed by atoms with Crippen LogP contribution in [-0.2, 0) is 23.8 Å². The van der Waals surface area contributed by atoms with Gasteiger partial charge in [-0.05, 0) is 32.3 Å². The third kappa shape index (κ3) is 8.47. The number of nitrogens with zero attached hydrogens (tertiary/aromatic N) is 2. The second-order valence-corrected chi connectivity index (χ2v) is 18.3. The van der Waals surface area contributed by atoms with E-state index in [2.05, 4.69) is 5.32 Å². The number of aliphatic hydroxyl groups is 2. The number of nitrogens with one attached hydrogen (secondary N) is 1. The number of aromatic hydroxyl groups is 2. The van der Waals surface area contributed by atoms with Crippen LogP contribution in [0.2, 0.25) is 0 Å². The highest BCUT2D eigenvalue weighted by molar-refractivity contribution is 6.22. The van der Waals surface area contributed by atoms with E-state index in [1.165, 1.54) is 59.3 Å². The summed E-state index contributed by atoms with van der Waals surface area (Å²) >= 11 is 0. The number of aliphatic hydroxyl groups excluding tert-OH is 2. The van der Waals surface area contributed by atoms with Crippen LogP contribution in [-0.4, -0.2) is 99.6 Å². The number of rotatable bonds is 3. The van der Waals surface area contributed by atoms with Gasteiger partial charge < -0.3 is 54.0 Å². The number of piperidine rings is 1. The van der Waals surface area contributed by atoms with Crippen molar-refractivity contribution < 1.29 is 62.6 Å². The molecule has 0 aromatic heterocycles. The van der Waals surface area contributed by atoms with Crippen molar-refractivity contribution in [1.29, 1.82) is 0 Å². The summed E-state index contributed by atoms with van der Waals surface area (Å²) in [5.74, 6) is -8.40. The molecule has 2 aromatic rings. The second-order valence-electron chi connectivity index (χ2n) is 18.3. The Balaban J connectivity index is 1.45. The highest BCUT2D eigenvalue weighted by Gasteiger charge is 2.50. The summed E-state index contributed by atoms with van der Waals surface area (Å²) in [4.78, 5) is 62.5. The number of phenols is 2. The maximum Gasteiger partial charge on any atom is 0.312 e. The van der Waals surface area contributed by atoms with E-state index < -0.39 is 100.0 Å². The molecule has 11 atom stereocenters. The van der Waals surface area contributed by atoms with Crippen molar-refractivity contribution in [2.24, 2.45) is 29.6 Å². The Morgan fingerprint density at radius 1 is 1.00 bits per heavy atom. The Bertz CT molecular complexity index is 2710. The fourth-order valence-corrected chi connectivity index (χ4v) is 9.31.